The maximum Gasteiger partial charge on any atom is 0.121 e. The van der Waals surface area contributed by atoms with Crippen LogP contribution in [0, 0.1) is 5.41 Å². The normalized spacial score (nSPS) is 16.8. The van der Waals surface area contributed by atoms with E-state index in [1.165, 1.54) is 12.8 Å². The minimum Gasteiger partial charge on any atom is -0.497 e. The SMILES string of the molecule is COc1ccc2nc(CCCl)n(CC3(C)CC3)c2c1. The zero-order valence-corrected chi connectivity index (χ0v) is 12.2. The van der Waals surface area contributed by atoms with Gasteiger partial charge in [0.1, 0.15) is 11.6 Å². The fourth-order valence-corrected chi connectivity index (χ4v) is 2.65. The fraction of sp³-hybridized carbons (Fsp3) is 0.533. The number of halogens is 1. The molecule has 4 heteroatoms. The number of ether oxygens (including phenoxy) is 1. The molecule has 1 aliphatic rings. The van der Waals surface area contributed by atoms with E-state index in [0.717, 1.165) is 35.6 Å². The van der Waals surface area contributed by atoms with Gasteiger partial charge in [-0.2, -0.15) is 0 Å². The second kappa shape index (κ2) is 4.71. The largest absolute Gasteiger partial charge is 0.497 e. The molecule has 0 saturated heterocycles. The lowest BCUT2D eigenvalue weighted by Gasteiger charge is -2.13. The van der Waals surface area contributed by atoms with Gasteiger partial charge in [-0.1, -0.05) is 6.92 Å². The molecule has 0 atom stereocenters. The van der Waals surface area contributed by atoms with Crippen molar-refractivity contribution in [2.75, 3.05) is 13.0 Å². The number of methoxy groups -OCH3 is 1. The summed E-state index contributed by atoms with van der Waals surface area (Å²) in [5.74, 6) is 2.58. The van der Waals surface area contributed by atoms with Crippen molar-refractivity contribution in [2.45, 2.75) is 32.7 Å². The molecule has 102 valence electrons. The summed E-state index contributed by atoms with van der Waals surface area (Å²) in [5, 5.41) is 0. The Morgan fingerprint density at radius 3 is 2.84 bits per heavy atom. The van der Waals surface area contributed by atoms with Crippen molar-refractivity contribution in [1.29, 1.82) is 0 Å². The Morgan fingerprint density at radius 1 is 1.42 bits per heavy atom. The average molecular weight is 279 g/mol. The number of hydrogen-bond donors (Lipinski definition) is 0. The second-order valence-electron chi connectivity index (χ2n) is 5.72. The van der Waals surface area contributed by atoms with Gasteiger partial charge in [-0.25, -0.2) is 4.98 Å². The smallest absolute Gasteiger partial charge is 0.121 e. The van der Waals surface area contributed by atoms with Crippen molar-refractivity contribution in [3.8, 4) is 5.75 Å². The van der Waals surface area contributed by atoms with Crippen LogP contribution in [-0.4, -0.2) is 22.5 Å². The Labute approximate surface area is 118 Å². The van der Waals surface area contributed by atoms with E-state index < -0.39 is 0 Å². The van der Waals surface area contributed by atoms with Crippen LogP contribution < -0.4 is 4.74 Å². The third kappa shape index (κ3) is 2.44. The Balaban J connectivity index is 2.09. The molecule has 1 saturated carbocycles. The first kappa shape index (κ1) is 12.8. The van der Waals surface area contributed by atoms with E-state index in [9.17, 15) is 0 Å². The van der Waals surface area contributed by atoms with E-state index in [-0.39, 0.29) is 0 Å². The van der Waals surface area contributed by atoms with Crippen LogP contribution in [-0.2, 0) is 13.0 Å². The van der Waals surface area contributed by atoms with Crippen molar-refractivity contribution in [3.63, 3.8) is 0 Å². The highest BCUT2D eigenvalue weighted by Crippen LogP contribution is 2.47. The topological polar surface area (TPSA) is 27.1 Å². The molecule has 1 fully saturated rings. The van der Waals surface area contributed by atoms with Crippen LogP contribution in [0.1, 0.15) is 25.6 Å². The molecule has 0 amide bonds. The lowest BCUT2D eigenvalue weighted by Crippen LogP contribution is -2.11. The molecular formula is C15H19ClN2O. The first-order valence-corrected chi connectivity index (χ1v) is 7.28. The lowest BCUT2D eigenvalue weighted by atomic mass is 10.1. The minimum absolute atomic E-state index is 0.442. The van der Waals surface area contributed by atoms with Crippen LogP contribution in [0.4, 0.5) is 0 Å². The number of benzene rings is 1. The van der Waals surface area contributed by atoms with Crippen LogP contribution in [0.5, 0.6) is 5.75 Å². The minimum atomic E-state index is 0.442. The van der Waals surface area contributed by atoms with E-state index in [1.54, 1.807) is 7.11 Å². The maximum absolute atomic E-state index is 5.90. The van der Waals surface area contributed by atoms with Crippen LogP contribution in [0.15, 0.2) is 18.2 Å². The van der Waals surface area contributed by atoms with Gasteiger partial charge in [0, 0.05) is 24.9 Å². The van der Waals surface area contributed by atoms with Crippen molar-refractivity contribution in [2.24, 2.45) is 5.41 Å². The molecular weight excluding hydrogens is 260 g/mol. The van der Waals surface area contributed by atoms with Gasteiger partial charge in [0.15, 0.2) is 0 Å². The standard InChI is InChI=1S/C15H19ClN2O/c1-15(6-7-15)10-18-13-9-11(19-2)3-4-12(13)17-14(18)5-8-16/h3-4,9H,5-8,10H2,1-2H3. The Hall–Kier alpha value is -1.22. The molecule has 0 radical (unpaired) electrons. The zero-order chi connectivity index (χ0) is 13.5. The summed E-state index contributed by atoms with van der Waals surface area (Å²) in [5.41, 5.74) is 2.63. The van der Waals surface area contributed by atoms with E-state index in [1.807, 2.05) is 12.1 Å². The number of alkyl halides is 1. The molecule has 3 nitrogen and oxygen atoms in total. The number of imidazole rings is 1. The predicted molar refractivity (Wildman–Crippen MR) is 78.1 cm³/mol. The number of fused-ring (bicyclic) bond motifs is 1. The highest BCUT2D eigenvalue weighted by atomic mass is 35.5. The molecule has 0 aliphatic heterocycles. The average Bonchev–Trinajstić information content (AvgIpc) is 3.05. The second-order valence-corrected chi connectivity index (χ2v) is 6.10. The summed E-state index contributed by atoms with van der Waals surface area (Å²) in [4.78, 5) is 4.71. The van der Waals surface area contributed by atoms with Gasteiger partial charge in [0.25, 0.3) is 0 Å². The van der Waals surface area contributed by atoms with Crippen LogP contribution in [0.2, 0.25) is 0 Å². The van der Waals surface area contributed by atoms with E-state index in [4.69, 9.17) is 21.3 Å². The van der Waals surface area contributed by atoms with Crippen molar-refractivity contribution < 1.29 is 4.74 Å². The Kier molecular flexibility index (Phi) is 3.17. The van der Waals surface area contributed by atoms with Crippen LogP contribution >= 0.6 is 11.6 Å². The maximum atomic E-state index is 5.90. The molecule has 2 aromatic rings. The Morgan fingerprint density at radius 2 is 2.21 bits per heavy atom. The number of nitrogens with zero attached hydrogens (tertiary/aromatic N) is 2. The van der Waals surface area contributed by atoms with E-state index in [2.05, 4.69) is 17.6 Å². The van der Waals surface area contributed by atoms with Gasteiger partial charge in [0.2, 0.25) is 0 Å². The van der Waals surface area contributed by atoms with Gasteiger partial charge >= 0.3 is 0 Å². The number of aromatic nitrogens is 2. The van der Waals surface area contributed by atoms with Gasteiger partial charge in [-0.3, -0.25) is 0 Å². The van der Waals surface area contributed by atoms with Crippen LogP contribution in [0.3, 0.4) is 0 Å². The summed E-state index contributed by atoms with van der Waals surface area (Å²) < 4.78 is 7.65. The van der Waals surface area contributed by atoms with Gasteiger partial charge in [0.05, 0.1) is 18.1 Å². The summed E-state index contributed by atoms with van der Waals surface area (Å²) in [7, 11) is 1.70. The summed E-state index contributed by atoms with van der Waals surface area (Å²) in [6, 6.07) is 6.06. The van der Waals surface area contributed by atoms with Gasteiger partial charge < -0.3 is 9.30 Å². The molecule has 1 aliphatic carbocycles. The molecule has 3 rings (SSSR count). The highest BCUT2D eigenvalue weighted by molar-refractivity contribution is 6.17. The van der Waals surface area contributed by atoms with Crippen molar-refractivity contribution in [3.05, 3.63) is 24.0 Å². The summed E-state index contributed by atoms with van der Waals surface area (Å²) >= 11 is 5.90. The summed E-state index contributed by atoms with van der Waals surface area (Å²) in [6.45, 7) is 3.37. The molecule has 0 unspecified atom stereocenters. The lowest BCUT2D eigenvalue weighted by molar-refractivity contribution is 0.414. The number of rotatable bonds is 5. The molecule has 0 spiro atoms. The van der Waals surface area contributed by atoms with Crippen LogP contribution in [0.25, 0.3) is 11.0 Å². The van der Waals surface area contributed by atoms with Crippen molar-refractivity contribution in [1.82, 2.24) is 9.55 Å². The van der Waals surface area contributed by atoms with Gasteiger partial charge in [-0.05, 0) is 30.4 Å². The first-order valence-electron chi connectivity index (χ1n) is 6.74. The van der Waals surface area contributed by atoms with Crippen molar-refractivity contribution >= 4 is 22.6 Å². The molecule has 0 bridgehead atoms. The fourth-order valence-electron chi connectivity index (χ4n) is 2.48. The van der Waals surface area contributed by atoms with Gasteiger partial charge in [-0.15, -0.1) is 11.6 Å². The zero-order valence-electron chi connectivity index (χ0n) is 11.4. The molecule has 0 N–H and O–H groups in total. The number of hydrogen-bond acceptors (Lipinski definition) is 2. The quantitative estimate of drug-likeness (QED) is 0.781. The molecule has 19 heavy (non-hydrogen) atoms. The predicted octanol–water partition coefficient (Wildman–Crippen LogP) is 3.63. The third-order valence-electron chi connectivity index (χ3n) is 4.00. The molecule has 1 heterocycles. The molecule has 1 aromatic heterocycles. The number of aryl methyl sites for hydroxylation is 1. The van der Waals surface area contributed by atoms with E-state index in [0.29, 0.717) is 11.3 Å². The summed E-state index contributed by atoms with van der Waals surface area (Å²) in [6.07, 6.45) is 3.42. The Bertz CT molecular complexity index is 601. The third-order valence-corrected chi connectivity index (χ3v) is 4.18. The molecule has 1 aromatic carbocycles. The highest BCUT2D eigenvalue weighted by Gasteiger charge is 2.38. The first-order chi connectivity index (χ1) is 9.15. The monoisotopic (exact) mass is 278 g/mol. The van der Waals surface area contributed by atoms with E-state index >= 15 is 0 Å².